The Morgan fingerprint density at radius 2 is 1.81 bits per heavy atom. The van der Waals surface area contributed by atoms with E-state index < -0.39 is 0 Å². The first-order valence-electron chi connectivity index (χ1n) is 7.62. The van der Waals surface area contributed by atoms with E-state index in [1.165, 1.54) is 33.4 Å². The highest BCUT2D eigenvalue weighted by Gasteiger charge is 2.19. The van der Waals surface area contributed by atoms with Gasteiger partial charge in [-0.15, -0.1) is 0 Å². The first-order chi connectivity index (χ1) is 10.0. The predicted octanol–water partition coefficient (Wildman–Crippen LogP) is 4.14. The molecule has 1 aliphatic rings. The third kappa shape index (κ3) is 2.81. The van der Waals surface area contributed by atoms with Crippen LogP contribution in [0.1, 0.15) is 45.8 Å². The summed E-state index contributed by atoms with van der Waals surface area (Å²) in [6, 6.07) is 11.0. The molecule has 110 valence electrons. The molecule has 2 aromatic carbocycles. The van der Waals surface area contributed by atoms with Gasteiger partial charge >= 0.3 is 0 Å². The molecule has 0 bridgehead atoms. The van der Waals surface area contributed by atoms with E-state index in [9.17, 15) is 0 Å². The summed E-state index contributed by atoms with van der Waals surface area (Å²) in [6.07, 6.45) is 2.12. The quantitative estimate of drug-likeness (QED) is 0.917. The molecule has 0 saturated carbocycles. The molecule has 1 atom stereocenters. The van der Waals surface area contributed by atoms with Crippen molar-refractivity contribution in [2.45, 2.75) is 46.3 Å². The normalized spacial score (nSPS) is 16.9. The van der Waals surface area contributed by atoms with E-state index in [2.05, 4.69) is 45.0 Å². The monoisotopic (exact) mass is 281 g/mol. The summed E-state index contributed by atoms with van der Waals surface area (Å²) in [6.45, 7) is 7.07. The van der Waals surface area contributed by atoms with Crippen LogP contribution >= 0.6 is 0 Å². The van der Waals surface area contributed by atoms with Crippen LogP contribution in [0.5, 0.6) is 5.75 Å². The van der Waals surface area contributed by atoms with Gasteiger partial charge in [0.05, 0.1) is 0 Å². The Labute approximate surface area is 126 Å². The number of fused-ring (bicyclic) bond motifs is 1. The summed E-state index contributed by atoms with van der Waals surface area (Å²) in [7, 11) is 0. The first kappa shape index (κ1) is 14.2. The second-order valence-electron chi connectivity index (χ2n) is 6.17. The van der Waals surface area contributed by atoms with Crippen LogP contribution in [-0.4, -0.2) is 0 Å². The highest BCUT2D eigenvalue weighted by atomic mass is 16.5. The Morgan fingerprint density at radius 1 is 1.10 bits per heavy atom. The molecule has 0 aliphatic heterocycles. The van der Waals surface area contributed by atoms with Crippen molar-refractivity contribution in [2.24, 2.45) is 5.73 Å². The smallest absolute Gasteiger partial charge is 0.120 e. The maximum atomic E-state index is 6.07. The lowest BCUT2D eigenvalue weighted by Crippen LogP contribution is -2.05. The van der Waals surface area contributed by atoms with E-state index in [4.69, 9.17) is 10.5 Å². The molecule has 0 saturated heterocycles. The molecule has 1 unspecified atom stereocenters. The number of benzene rings is 2. The van der Waals surface area contributed by atoms with Gasteiger partial charge in [0.15, 0.2) is 0 Å². The summed E-state index contributed by atoms with van der Waals surface area (Å²) in [4.78, 5) is 0. The van der Waals surface area contributed by atoms with Crippen LogP contribution in [-0.2, 0) is 13.0 Å². The lowest BCUT2D eigenvalue weighted by atomic mass is 10.0. The summed E-state index contributed by atoms with van der Waals surface area (Å²) < 4.78 is 6.01. The molecule has 0 fully saturated rings. The van der Waals surface area contributed by atoms with Gasteiger partial charge in [0, 0.05) is 6.04 Å². The number of rotatable bonds is 3. The minimum atomic E-state index is 0.204. The van der Waals surface area contributed by atoms with Gasteiger partial charge in [-0.2, -0.15) is 0 Å². The minimum Gasteiger partial charge on any atom is -0.489 e. The maximum absolute atomic E-state index is 6.07. The van der Waals surface area contributed by atoms with Crippen molar-refractivity contribution >= 4 is 0 Å². The van der Waals surface area contributed by atoms with Crippen molar-refractivity contribution in [3.63, 3.8) is 0 Å². The molecule has 21 heavy (non-hydrogen) atoms. The van der Waals surface area contributed by atoms with Crippen LogP contribution in [0.25, 0.3) is 0 Å². The number of nitrogens with two attached hydrogens (primary N) is 1. The van der Waals surface area contributed by atoms with Gasteiger partial charge in [-0.1, -0.05) is 23.8 Å². The fourth-order valence-electron chi connectivity index (χ4n) is 3.31. The molecule has 0 heterocycles. The zero-order valence-corrected chi connectivity index (χ0v) is 13.1. The van der Waals surface area contributed by atoms with Crippen molar-refractivity contribution in [1.82, 2.24) is 0 Å². The molecule has 0 amide bonds. The zero-order valence-electron chi connectivity index (χ0n) is 13.1. The fraction of sp³-hybridized carbons (Fsp3) is 0.368. The van der Waals surface area contributed by atoms with Gasteiger partial charge in [0.25, 0.3) is 0 Å². The van der Waals surface area contributed by atoms with Crippen LogP contribution in [0, 0.1) is 20.8 Å². The largest absolute Gasteiger partial charge is 0.489 e. The maximum Gasteiger partial charge on any atom is 0.120 e. The minimum absolute atomic E-state index is 0.204. The van der Waals surface area contributed by atoms with Gasteiger partial charge < -0.3 is 10.5 Å². The summed E-state index contributed by atoms with van der Waals surface area (Å²) in [5.41, 5.74) is 13.9. The summed E-state index contributed by atoms with van der Waals surface area (Å²) >= 11 is 0. The highest BCUT2D eigenvalue weighted by Crippen LogP contribution is 2.32. The molecule has 0 radical (unpaired) electrons. The van der Waals surface area contributed by atoms with Crippen LogP contribution in [0.2, 0.25) is 0 Å². The summed E-state index contributed by atoms with van der Waals surface area (Å²) in [5, 5.41) is 0. The SMILES string of the molecule is Cc1cc(C)c(COc2ccc3c(c2)CCC3N)c(C)c1. The Hall–Kier alpha value is -1.80. The lowest BCUT2D eigenvalue weighted by molar-refractivity contribution is 0.304. The topological polar surface area (TPSA) is 35.2 Å². The lowest BCUT2D eigenvalue weighted by Gasteiger charge is -2.14. The van der Waals surface area contributed by atoms with Crippen molar-refractivity contribution in [2.75, 3.05) is 0 Å². The predicted molar refractivity (Wildman–Crippen MR) is 86.7 cm³/mol. The number of aryl methyl sites for hydroxylation is 4. The molecule has 0 aromatic heterocycles. The van der Waals surface area contributed by atoms with E-state index in [0.29, 0.717) is 6.61 Å². The molecule has 2 aromatic rings. The van der Waals surface area contributed by atoms with Gasteiger partial charge in [0.2, 0.25) is 0 Å². The molecule has 0 spiro atoms. The van der Waals surface area contributed by atoms with Gasteiger partial charge in [0.1, 0.15) is 12.4 Å². The molecule has 2 N–H and O–H groups in total. The van der Waals surface area contributed by atoms with E-state index >= 15 is 0 Å². The molecule has 2 heteroatoms. The zero-order chi connectivity index (χ0) is 15.0. The number of hydrogen-bond donors (Lipinski definition) is 1. The molecule has 3 rings (SSSR count). The van der Waals surface area contributed by atoms with Crippen LogP contribution < -0.4 is 10.5 Å². The second kappa shape index (κ2) is 5.53. The van der Waals surface area contributed by atoms with E-state index in [-0.39, 0.29) is 6.04 Å². The van der Waals surface area contributed by atoms with Gasteiger partial charge in [-0.25, -0.2) is 0 Å². The van der Waals surface area contributed by atoms with Crippen molar-refractivity contribution in [3.8, 4) is 5.75 Å². The van der Waals surface area contributed by atoms with Crippen LogP contribution in [0.4, 0.5) is 0 Å². The first-order valence-corrected chi connectivity index (χ1v) is 7.62. The highest BCUT2D eigenvalue weighted by molar-refractivity contribution is 5.41. The fourth-order valence-corrected chi connectivity index (χ4v) is 3.31. The number of ether oxygens (including phenoxy) is 1. The Bertz CT molecular complexity index is 652. The second-order valence-corrected chi connectivity index (χ2v) is 6.17. The Morgan fingerprint density at radius 3 is 2.52 bits per heavy atom. The number of hydrogen-bond acceptors (Lipinski definition) is 2. The third-order valence-electron chi connectivity index (χ3n) is 4.46. The van der Waals surface area contributed by atoms with E-state index in [0.717, 1.165) is 18.6 Å². The molecule has 1 aliphatic carbocycles. The van der Waals surface area contributed by atoms with Gasteiger partial charge in [-0.05, 0) is 73.6 Å². The molecule has 2 nitrogen and oxygen atoms in total. The van der Waals surface area contributed by atoms with Crippen molar-refractivity contribution in [1.29, 1.82) is 0 Å². The Kier molecular flexibility index (Phi) is 3.73. The van der Waals surface area contributed by atoms with Crippen LogP contribution in [0.3, 0.4) is 0 Å². The van der Waals surface area contributed by atoms with Gasteiger partial charge in [-0.3, -0.25) is 0 Å². The average Bonchev–Trinajstić information content (AvgIpc) is 2.79. The summed E-state index contributed by atoms with van der Waals surface area (Å²) in [5.74, 6) is 0.947. The van der Waals surface area contributed by atoms with E-state index in [1.807, 2.05) is 6.07 Å². The third-order valence-corrected chi connectivity index (χ3v) is 4.46. The molecular weight excluding hydrogens is 258 g/mol. The average molecular weight is 281 g/mol. The standard InChI is InChI=1S/C19H23NO/c1-12-8-13(2)18(14(3)9-12)11-21-16-5-6-17-15(10-16)4-7-19(17)20/h5-6,8-10,19H,4,7,11,20H2,1-3H3. The van der Waals surface area contributed by atoms with Crippen LogP contribution in [0.15, 0.2) is 30.3 Å². The van der Waals surface area contributed by atoms with Crippen molar-refractivity contribution in [3.05, 3.63) is 63.7 Å². The van der Waals surface area contributed by atoms with Crippen molar-refractivity contribution < 1.29 is 4.74 Å². The van der Waals surface area contributed by atoms with E-state index in [1.54, 1.807) is 0 Å². The Balaban J connectivity index is 1.77. The molecular formula is C19H23NO.